The summed E-state index contributed by atoms with van der Waals surface area (Å²) in [7, 11) is 0. The van der Waals surface area contributed by atoms with Gasteiger partial charge in [0, 0.05) is 11.2 Å². The first-order chi connectivity index (χ1) is 10.9. The van der Waals surface area contributed by atoms with Crippen LogP contribution in [0.3, 0.4) is 0 Å². The predicted molar refractivity (Wildman–Crippen MR) is 94.8 cm³/mol. The van der Waals surface area contributed by atoms with Gasteiger partial charge >= 0.3 is 5.97 Å². The largest absolute Gasteiger partial charge is 0.481 e. The highest BCUT2D eigenvalue weighted by molar-refractivity contribution is 7.80. The van der Waals surface area contributed by atoms with Gasteiger partial charge in [-0.3, -0.25) is 4.79 Å². The molecule has 2 aromatic rings. The molecule has 7 heteroatoms. The molecular formula is C16H16ClN3O2S. The molecule has 23 heavy (non-hydrogen) atoms. The van der Waals surface area contributed by atoms with Gasteiger partial charge in [0.15, 0.2) is 5.11 Å². The lowest BCUT2D eigenvalue weighted by Crippen LogP contribution is -2.33. The average molecular weight is 350 g/mol. The van der Waals surface area contributed by atoms with Crippen LogP contribution in [0.1, 0.15) is 23.6 Å². The number of nitrogens with one attached hydrogen (secondary N) is 2. The number of carboxylic acid groups (broad SMARTS) is 1. The lowest BCUT2D eigenvalue weighted by Gasteiger charge is -2.20. The molecule has 0 amide bonds. The third kappa shape index (κ3) is 5.50. The van der Waals surface area contributed by atoms with Gasteiger partial charge in [0.1, 0.15) is 5.82 Å². The predicted octanol–water partition coefficient (Wildman–Crippen LogP) is 3.55. The molecule has 1 heterocycles. The number of nitrogens with zero attached hydrogens (tertiary/aromatic N) is 1. The number of carbonyl (C=O) groups is 1. The molecule has 0 fully saturated rings. The zero-order valence-electron chi connectivity index (χ0n) is 12.4. The fourth-order valence-corrected chi connectivity index (χ4v) is 2.41. The van der Waals surface area contributed by atoms with Crippen LogP contribution in [0.2, 0.25) is 5.02 Å². The molecule has 1 atom stereocenters. The zero-order valence-corrected chi connectivity index (χ0v) is 14.0. The number of hydrogen-bond donors (Lipinski definition) is 3. The van der Waals surface area contributed by atoms with E-state index in [-0.39, 0.29) is 6.42 Å². The van der Waals surface area contributed by atoms with Crippen molar-refractivity contribution in [1.82, 2.24) is 10.3 Å². The van der Waals surface area contributed by atoms with Gasteiger partial charge in [0.2, 0.25) is 0 Å². The fourth-order valence-electron chi connectivity index (χ4n) is 2.04. The second kappa shape index (κ2) is 7.89. The smallest absolute Gasteiger partial charge is 0.305 e. The summed E-state index contributed by atoms with van der Waals surface area (Å²) in [5.41, 5.74) is 1.84. The van der Waals surface area contributed by atoms with Gasteiger partial charge in [-0.1, -0.05) is 23.7 Å². The van der Waals surface area contributed by atoms with Crippen molar-refractivity contribution in [2.75, 3.05) is 5.32 Å². The van der Waals surface area contributed by atoms with Crippen LogP contribution in [0.15, 0.2) is 42.6 Å². The van der Waals surface area contributed by atoms with Crippen LogP contribution in [0, 0.1) is 6.92 Å². The van der Waals surface area contributed by atoms with Gasteiger partial charge < -0.3 is 15.7 Å². The second-order valence-corrected chi connectivity index (χ2v) is 5.86. The first kappa shape index (κ1) is 17.2. The van der Waals surface area contributed by atoms with Crippen molar-refractivity contribution in [3.05, 3.63) is 58.7 Å². The van der Waals surface area contributed by atoms with E-state index in [1.807, 2.05) is 19.1 Å². The summed E-state index contributed by atoms with van der Waals surface area (Å²) in [5, 5.41) is 16.0. The van der Waals surface area contributed by atoms with Crippen molar-refractivity contribution in [3.63, 3.8) is 0 Å². The molecule has 5 nitrogen and oxygen atoms in total. The van der Waals surface area contributed by atoms with Crippen molar-refractivity contribution in [3.8, 4) is 0 Å². The molecule has 0 radical (unpaired) electrons. The highest BCUT2D eigenvalue weighted by Gasteiger charge is 2.16. The maximum absolute atomic E-state index is 11.1. The van der Waals surface area contributed by atoms with Crippen molar-refractivity contribution in [2.24, 2.45) is 0 Å². The van der Waals surface area contributed by atoms with Crippen molar-refractivity contribution in [1.29, 1.82) is 0 Å². The summed E-state index contributed by atoms with van der Waals surface area (Å²) in [5.74, 6) is -0.318. The molecule has 0 aliphatic rings. The van der Waals surface area contributed by atoms with Crippen molar-refractivity contribution >= 4 is 40.7 Å². The lowest BCUT2D eigenvalue weighted by molar-refractivity contribution is -0.137. The first-order valence-corrected chi connectivity index (χ1v) is 7.70. The summed E-state index contributed by atoms with van der Waals surface area (Å²) in [6.07, 6.45) is 1.57. The molecule has 1 unspecified atom stereocenters. The number of aromatic nitrogens is 1. The van der Waals surface area contributed by atoms with E-state index >= 15 is 0 Å². The highest BCUT2D eigenvalue weighted by Crippen LogP contribution is 2.20. The quantitative estimate of drug-likeness (QED) is 0.717. The van der Waals surface area contributed by atoms with Crippen LogP contribution in [0.25, 0.3) is 0 Å². The van der Waals surface area contributed by atoms with E-state index in [1.54, 1.807) is 30.5 Å². The third-order valence-electron chi connectivity index (χ3n) is 3.11. The molecular weight excluding hydrogens is 334 g/mol. The maximum atomic E-state index is 11.1. The number of pyridine rings is 1. The van der Waals surface area contributed by atoms with E-state index in [0.29, 0.717) is 16.0 Å². The van der Waals surface area contributed by atoms with E-state index in [9.17, 15) is 4.79 Å². The number of rotatable bonds is 5. The number of aryl methyl sites for hydroxylation is 1. The van der Waals surface area contributed by atoms with Crippen molar-refractivity contribution in [2.45, 2.75) is 19.4 Å². The zero-order chi connectivity index (χ0) is 16.8. The molecule has 1 aromatic carbocycles. The number of carboxylic acids is 1. The molecule has 120 valence electrons. The summed E-state index contributed by atoms with van der Waals surface area (Å²) in [6.45, 7) is 1.95. The van der Waals surface area contributed by atoms with Crippen LogP contribution in [0.4, 0.5) is 5.82 Å². The Bertz CT molecular complexity index is 707. The number of hydrogen-bond acceptors (Lipinski definition) is 3. The number of halogens is 1. The van der Waals surface area contributed by atoms with Gasteiger partial charge in [-0.05, 0) is 54.5 Å². The summed E-state index contributed by atoms with van der Waals surface area (Å²) in [6, 6.07) is 10.2. The standard InChI is InChI=1S/C16H16ClN3O2S/c1-10-6-7-18-14(8-10)20-16(23)19-13(9-15(21)22)11-2-4-12(17)5-3-11/h2-8,13H,9H2,1H3,(H,21,22)(H2,18,19,20,23). The Morgan fingerprint density at radius 1 is 1.35 bits per heavy atom. The Kier molecular flexibility index (Phi) is 5.90. The SMILES string of the molecule is Cc1ccnc(NC(=S)NC(CC(=O)O)c2ccc(Cl)cc2)c1. The van der Waals surface area contributed by atoms with Crippen LogP contribution in [-0.4, -0.2) is 21.2 Å². The Hall–Kier alpha value is -2.18. The van der Waals surface area contributed by atoms with Crippen molar-refractivity contribution < 1.29 is 9.90 Å². The Labute approximate surface area is 144 Å². The molecule has 3 N–H and O–H groups in total. The minimum atomic E-state index is -0.922. The maximum Gasteiger partial charge on any atom is 0.305 e. The summed E-state index contributed by atoms with van der Waals surface area (Å²) in [4.78, 5) is 15.3. The van der Waals surface area contributed by atoms with Gasteiger partial charge in [-0.2, -0.15) is 0 Å². The van der Waals surface area contributed by atoms with E-state index in [4.69, 9.17) is 28.9 Å². The van der Waals surface area contributed by atoms with Gasteiger partial charge in [-0.25, -0.2) is 4.98 Å². The Balaban J connectivity index is 2.09. The van der Waals surface area contributed by atoms with Crippen LogP contribution < -0.4 is 10.6 Å². The van der Waals surface area contributed by atoms with Crippen LogP contribution >= 0.6 is 23.8 Å². The normalized spacial score (nSPS) is 11.6. The monoisotopic (exact) mass is 349 g/mol. The van der Waals surface area contributed by atoms with Crippen LogP contribution in [-0.2, 0) is 4.79 Å². The Morgan fingerprint density at radius 2 is 2.04 bits per heavy atom. The highest BCUT2D eigenvalue weighted by atomic mass is 35.5. The second-order valence-electron chi connectivity index (χ2n) is 5.02. The van der Waals surface area contributed by atoms with E-state index < -0.39 is 12.0 Å². The number of anilines is 1. The van der Waals surface area contributed by atoms with Gasteiger partial charge in [0.05, 0.1) is 12.5 Å². The average Bonchev–Trinajstić information content (AvgIpc) is 2.46. The number of thiocarbonyl (C=S) groups is 1. The first-order valence-electron chi connectivity index (χ1n) is 6.91. The topological polar surface area (TPSA) is 74.2 Å². The molecule has 0 aliphatic heterocycles. The van der Waals surface area contributed by atoms with Gasteiger partial charge in [0.25, 0.3) is 0 Å². The number of aliphatic carboxylic acids is 1. The summed E-state index contributed by atoms with van der Waals surface area (Å²) < 4.78 is 0. The molecule has 0 saturated heterocycles. The van der Waals surface area contributed by atoms with Gasteiger partial charge in [-0.15, -0.1) is 0 Å². The molecule has 2 rings (SSSR count). The molecule has 0 saturated carbocycles. The minimum Gasteiger partial charge on any atom is -0.481 e. The molecule has 0 spiro atoms. The molecule has 0 aliphatic carbocycles. The molecule has 0 bridgehead atoms. The summed E-state index contributed by atoms with van der Waals surface area (Å²) >= 11 is 11.1. The van der Waals surface area contributed by atoms with E-state index in [2.05, 4.69) is 15.6 Å². The minimum absolute atomic E-state index is 0.106. The lowest BCUT2D eigenvalue weighted by atomic mass is 10.0. The fraction of sp³-hybridized carbons (Fsp3) is 0.188. The Morgan fingerprint density at radius 3 is 2.65 bits per heavy atom. The third-order valence-corrected chi connectivity index (χ3v) is 3.59. The van der Waals surface area contributed by atoms with E-state index in [0.717, 1.165) is 11.1 Å². The molecule has 1 aromatic heterocycles. The van der Waals surface area contributed by atoms with E-state index in [1.165, 1.54) is 0 Å². The number of benzene rings is 1. The van der Waals surface area contributed by atoms with Crippen LogP contribution in [0.5, 0.6) is 0 Å².